The van der Waals surface area contributed by atoms with E-state index in [0.29, 0.717) is 17.7 Å². The Balaban J connectivity index is 0.00000147. The third-order valence-corrected chi connectivity index (χ3v) is 4.85. The van der Waals surface area contributed by atoms with Gasteiger partial charge in [-0.2, -0.15) is 0 Å². The Bertz CT molecular complexity index is 467. The Hall–Kier alpha value is -0.690. The minimum absolute atomic E-state index is 0. The first-order valence-corrected chi connectivity index (χ1v) is 7.76. The van der Waals surface area contributed by atoms with Gasteiger partial charge in [0.1, 0.15) is 0 Å². The van der Waals surface area contributed by atoms with Crippen LogP contribution in [0.1, 0.15) is 18.5 Å². The highest BCUT2D eigenvalue weighted by Crippen LogP contribution is 2.24. The zero-order valence-corrected chi connectivity index (χ0v) is 13.2. The average molecular weight is 317 g/mol. The van der Waals surface area contributed by atoms with E-state index >= 15 is 0 Å². The summed E-state index contributed by atoms with van der Waals surface area (Å²) in [4.78, 5) is 18.5. The van der Waals surface area contributed by atoms with E-state index in [9.17, 15) is 4.79 Å². The fourth-order valence-electron chi connectivity index (χ4n) is 3.04. The van der Waals surface area contributed by atoms with Crippen molar-refractivity contribution in [3.05, 3.63) is 11.1 Å². The number of nitrogens with one attached hydrogen (secondary N) is 2. The van der Waals surface area contributed by atoms with Crippen molar-refractivity contribution < 1.29 is 4.79 Å². The summed E-state index contributed by atoms with van der Waals surface area (Å²) in [6.45, 7) is 5.61. The molecule has 0 aliphatic carbocycles. The Morgan fingerprint density at radius 2 is 2.45 bits per heavy atom. The number of anilines is 1. The molecule has 5 nitrogen and oxygen atoms in total. The van der Waals surface area contributed by atoms with Crippen LogP contribution in [0.5, 0.6) is 0 Å². The average Bonchev–Trinajstić information content (AvgIpc) is 2.97. The van der Waals surface area contributed by atoms with Crippen LogP contribution < -0.4 is 10.6 Å². The molecule has 2 aliphatic heterocycles. The first kappa shape index (κ1) is 15.7. The van der Waals surface area contributed by atoms with Gasteiger partial charge >= 0.3 is 0 Å². The fourth-order valence-corrected chi connectivity index (χ4v) is 3.74. The van der Waals surface area contributed by atoms with Gasteiger partial charge in [0.25, 0.3) is 0 Å². The number of amides is 1. The number of piperidine rings is 1. The van der Waals surface area contributed by atoms with E-state index in [-0.39, 0.29) is 18.3 Å². The van der Waals surface area contributed by atoms with E-state index in [1.54, 1.807) is 0 Å². The molecular weight excluding hydrogens is 296 g/mol. The number of carbonyl (C=O) groups excluding carboxylic acids is 1. The molecule has 2 aliphatic rings. The number of hydrogen-bond acceptors (Lipinski definition) is 5. The Kier molecular flexibility index (Phi) is 5.37. The van der Waals surface area contributed by atoms with Crippen molar-refractivity contribution >= 4 is 34.8 Å². The normalized spacial score (nSPS) is 25.9. The summed E-state index contributed by atoms with van der Waals surface area (Å²) in [6.07, 6.45) is 2.41. The van der Waals surface area contributed by atoms with Gasteiger partial charge in [0, 0.05) is 24.5 Å². The molecule has 3 rings (SSSR count). The number of hydrogen-bond donors (Lipinski definition) is 2. The summed E-state index contributed by atoms with van der Waals surface area (Å²) in [6, 6.07) is 0.681. The lowest BCUT2D eigenvalue weighted by Crippen LogP contribution is -2.46. The molecule has 112 valence electrons. The number of likely N-dealkylation sites (tertiary alicyclic amines) is 1. The van der Waals surface area contributed by atoms with E-state index in [2.05, 4.69) is 20.5 Å². The third-order valence-electron chi connectivity index (χ3n) is 3.97. The first-order valence-electron chi connectivity index (χ1n) is 6.88. The van der Waals surface area contributed by atoms with Gasteiger partial charge in [0.15, 0.2) is 5.13 Å². The highest BCUT2D eigenvalue weighted by molar-refractivity contribution is 7.13. The SMILES string of the molecule is Cc1csc(NC(=O)CN2CCC3NCCC3C2)n1.Cl. The zero-order valence-electron chi connectivity index (χ0n) is 11.6. The van der Waals surface area contributed by atoms with Crippen molar-refractivity contribution in [3.63, 3.8) is 0 Å². The Morgan fingerprint density at radius 3 is 3.20 bits per heavy atom. The number of aryl methyl sites for hydroxylation is 1. The van der Waals surface area contributed by atoms with Gasteiger partial charge < -0.3 is 10.6 Å². The molecule has 2 unspecified atom stereocenters. The number of fused-ring (bicyclic) bond motifs is 1. The minimum atomic E-state index is 0. The maximum atomic E-state index is 12.0. The topological polar surface area (TPSA) is 57.3 Å². The van der Waals surface area contributed by atoms with Crippen LogP contribution in [0.15, 0.2) is 5.38 Å². The number of halogens is 1. The number of rotatable bonds is 3. The maximum absolute atomic E-state index is 12.0. The molecule has 1 amide bonds. The quantitative estimate of drug-likeness (QED) is 0.887. The molecule has 0 saturated carbocycles. The zero-order chi connectivity index (χ0) is 13.2. The molecular formula is C13H21ClN4OS. The molecule has 2 atom stereocenters. The van der Waals surface area contributed by atoms with Gasteiger partial charge in [-0.1, -0.05) is 0 Å². The molecule has 2 saturated heterocycles. The summed E-state index contributed by atoms with van der Waals surface area (Å²) >= 11 is 1.48. The molecule has 3 heterocycles. The number of aromatic nitrogens is 1. The number of thiazole rings is 1. The predicted octanol–water partition coefficient (Wildman–Crippen LogP) is 1.50. The maximum Gasteiger partial charge on any atom is 0.240 e. The fraction of sp³-hybridized carbons (Fsp3) is 0.692. The van der Waals surface area contributed by atoms with Crippen molar-refractivity contribution in [1.82, 2.24) is 15.2 Å². The minimum Gasteiger partial charge on any atom is -0.314 e. The molecule has 0 spiro atoms. The molecule has 1 aromatic heterocycles. The van der Waals surface area contributed by atoms with Crippen LogP contribution in [-0.2, 0) is 4.79 Å². The van der Waals surface area contributed by atoms with E-state index in [4.69, 9.17) is 0 Å². The van der Waals surface area contributed by atoms with Crippen molar-refractivity contribution in [3.8, 4) is 0 Å². The summed E-state index contributed by atoms with van der Waals surface area (Å²) in [5.74, 6) is 0.780. The van der Waals surface area contributed by atoms with Crippen LogP contribution >= 0.6 is 23.7 Å². The van der Waals surface area contributed by atoms with Crippen LogP contribution in [0.25, 0.3) is 0 Å². The van der Waals surface area contributed by atoms with Gasteiger partial charge in [-0.05, 0) is 32.2 Å². The monoisotopic (exact) mass is 316 g/mol. The third kappa shape index (κ3) is 3.69. The smallest absolute Gasteiger partial charge is 0.240 e. The second kappa shape index (κ2) is 6.85. The Labute approximate surface area is 129 Å². The standard InChI is InChI=1S/C13H20N4OS.ClH/c1-9-8-19-13(15-9)16-12(18)7-17-5-3-11-10(6-17)2-4-14-11;/h8,10-11,14H,2-7H2,1H3,(H,15,16,18);1H. The van der Waals surface area contributed by atoms with Gasteiger partial charge in [-0.3, -0.25) is 9.69 Å². The van der Waals surface area contributed by atoms with Crippen molar-refractivity contribution in [2.75, 3.05) is 31.5 Å². The van der Waals surface area contributed by atoms with Gasteiger partial charge in [0.2, 0.25) is 5.91 Å². The van der Waals surface area contributed by atoms with Gasteiger partial charge in [0.05, 0.1) is 12.2 Å². The highest BCUT2D eigenvalue weighted by atomic mass is 35.5. The molecule has 0 aromatic carbocycles. The lowest BCUT2D eigenvalue weighted by Gasteiger charge is -2.34. The first-order chi connectivity index (χ1) is 9.20. The van der Waals surface area contributed by atoms with Crippen molar-refractivity contribution in [2.24, 2.45) is 5.92 Å². The summed E-state index contributed by atoms with van der Waals surface area (Å²) in [5, 5.41) is 9.08. The van der Waals surface area contributed by atoms with Gasteiger partial charge in [-0.15, -0.1) is 23.7 Å². The summed E-state index contributed by atoms with van der Waals surface area (Å²) in [5.41, 5.74) is 0.957. The lowest BCUT2D eigenvalue weighted by molar-refractivity contribution is -0.117. The second-order valence-electron chi connectivity index (χ2n) is 5.48. The van der Waals surface area contributed by atoms with Crippen LogP contribution in [0.4, 0.5) is 5.13 Å². The molecule has 7 heteroatoms. The molecule has 0 bridgehead atoms. The second-order valence-corrected chi connectivity index (χ2v) is 6.33. The number of nitrogens with zero attached hydrogens (tertiary/aromatic N) is 2. The van der Waals surface area contributed by atoms with Crippen LogP contribution in [-0.4, -0.2) is 48.0 Å². The lowest BCUT2D eigenvalue weighted by atomic mass is 9.93. The Morgan fingerprint density at radius 1 is 1.60 bits per heavy atom. The predicted molar refractivity (Wildman–Crippen MR) is 83.7 cm³/mol. The molecule has 1 aromatic rings. The van der Waals surface area contributed by atoms with Crippen LogP contribution in [0, 0.1) is 12.8 Å². The molecule has 2 N–H and O–H groups in total. The largest absolute Gasteiger partial charge is 0.314 e. The highest BCUT2D eigenvalue weighted by Gasteiger charge is 2.32. The van der Waals surface area contributed by atoms with Crippen molar-refractivity contribution in [1.29, 1.82) is 0 Å². The summed E-state index contributed by atoms with van der Waals surface area (Å²) in [7, 11) is 0. The van der Waals surface area contributed by atoms with Crippen LogP contribution in [0.2, 0.25) is 0 Å². The molecule has 20 heavy (non-hydrogen) atoms. The number of carbonyl (C=O) groups is 1. The van der Waals surface area contributed by atoms with E-state index in [1.807, 2.05) is 12.3 Å². The van der Waals surface area contributed by atoms with Gasteiger partial charge in [-0.25, -0.2) is 4.98 Å². The molecule has 0 radical (unpaired) electrons. The molecule has 2 fully saturated rings. The summed E-state index contributed by atoms with van der Waals surface area (Å²) < 4.78 is 0. The van der Waals surface area contributed by atoms with E-state index < -0.39 is 0 Å². The van der Waals surface area contributed by atoms with E-state index in [0.717, 1.165) is 37.7 Å². The van der Waals surface area contributed by atoms with Crippen LogP contribution in [0.3, 0.4) is 0 Å². The van der Waals surface area contributed by atoms with E-state index in [1.165, 1.54) is 17.8 Å². The van der Waals surface area contributed by atoms with Crippen molar-refractivity contribution in [2.45, 2.75) is 25.8 Å².